The van der Waals surface area contributed by atoms with Gasteiger partial charge in [-0.1, -0.05) is 42.5 Å². The number of hydrogen-bond donors (Lipinski definition) is 1. The van der Waals surface area contributed by atoms with Crippen molar-refractivity contribution in [2.24, 2.45) is 0 Å². The molecule has 27 heavy (non-hydrogen) atoms. The number of ether oxygens (including phenoxy) is 1. The number of nitrogens with one attached hydrogen (secondary N) is 1. The highest BCUT2D eigenvalue weighted by Crippen LogP contribution is 2.28. The number of Topliss-reactive ketones (excluding diaryl/α,β-unsaturated/α-hetero) is 1. The molecule has 0 saturated carbocycles. The van der Waals surface area contributed by atoms with E-state index in [4.69, 9.17) is 4.74 Å². The van der Waals surface area contributed by atoms with Crippen LogP contribution >= 0.6 is 0 Å². The summed E-state index contributed by atoms with van der Waals surface area (Å²) >= 11 is 0. The molecule has 2 atom stereocenters. The maximum Gasteiger partial charge on any atom is 0.338 e. The zero-order valence-corrected chi connectivity index (χ0v) is 16.2. The summed E-state index contributed by atoms with van der Waals surface area (Å²) in [5.74, 6) is 0.0630. The van der Waals surface area contributed by atoms with Gasteiger partial charge in [0.15, 0.2) is 5.78 Å². The van der Waals surface area contributed by atoms with Crippen LogP contribution in [0.1, 0.15) is 54.6 Å². The minimum absolute atomic E-state index is 0.155. The number of carbonyl (C=O) groups is 2. The van der Waals surface area contributed by atoms with Crippen LogP contribution in [-0.2, 0) is 16.0 Å². The maximum absolute atomic E-state index is 12.9. The fourth-order valence-corrected chi connectivity index (χ4v) is 3.51. The normalized spacial score (nSPS) is 19.7. The van der Waals surface area contributed by atoms with Gasteiger partial charge in [-0.3, -0.25) is 4.79 Å². The third kappa shape index (κ3) is 5.04. The van der Waals surface area contributed by atoms with Gasteiger partial charge >= 0.3 is 5.97 Å². The molecule has 0 aliphatic carbocycles. The lowest BCUT2D eigenvalue weighted by atomic mass is 9.88. The first-order valence-corrected chi connectivity index (χ1v) is 9.47. The third-order valence-electron chi connectivity index (χ3n) is 4.76. The first-order chi connectivity index (χ1) is 12.8. The van der Waals surface area contributed by atoms with E-state index >= 15 is 0 Å². The van der Waals surface area contributed by atoms with Crippen molar-refractivity contribution in [3.05, 3.63) is 71.3 Å². The van der Waals surface area contributed by atoms with E-state index in [2.05, 4.69) is 17.4 Å². The van der Waals surface area contributed by atoms with Gasteiger partial charge in [0.1, 0.15) is 5.60 Å². The van der Waals surface area contributed by atoms with Gasteiger partial charge in [-0.25, -0.2) is 4.79 Å². The summed E-state index contributed by atoms with van der Waals surface area (Å²) < 4.78 is 5.37. The van der Waals surface area contributed by atoms with Crippen LogP contribution in [-0.4, -0.2) is 29.9 Å². The second-order valence-electron chi connectivity index (χ2n) is 8.08. The van der Waals surface area contributed by atoms with Gasteiger partial charge < -0.3 is 10.1 Å². The van der Waals surface area contributed by atoms with Crippen molar-refractivity contribution in [2.75, 3.05) is 6.54 Å². The average Bonchev–Trinajstić information content (AvgIpc) is 3.11. The maximum atomic E-state index is 12.9. The molecule has 1 aliphatic heterocycles. The number of carbonyl (C=O) groups excluding carboxylic acids is 2. The lowest BCUT2D eigenvalue weighted by molar-refractivity contribution is -0.120. The van der Waals surface area contributed by atoms with E-state index in [-0.39, 0.29) is 23.7 Å². The van der Waals surface area contributed by atoms with Crippen LogP contribution in [0.3, 0.4) is 0 Å². The molecule has 1 fully saturated rings. The molecule has 2 aromatic carbocycles. The van der Waals surface area contributed by atoms with Crippen molar-refractivity contribution >= 4 is 11.8 Å². The van der Waals surface area contributed by atoms with Crippen molar-refractivity contribution in [3.63, 3.8) is 0 Å². The Morgan fingerprint density at radius 2 is 1.70 bits per heavy atom. The van der Waals surface area contributed by atoms with E-state index in [1.54, 1.807) is 12.1 Å². The summed E-state index contributed by atoms with van der Waals surface area (Å²) in [7, 11) is 0. The van der Waals surface area contributed by atoms with Crippen molar-refractivity contribution < 1.29 is 14.3 Å². The quantitative estimate of drug-likeness (QED) is 0.817. The average molecular weight is 365 g/mol. The molecule has 0 spiro atoms. The van der Waals surface area contributed by atoms with Gasteiger partial charge in [-0.2, -0.15) is 0 Å². The van der Waals surface area contributed by atoms with Gasteiger partial charge in [-0.05, 0) is 57.0 Å². The van der Waals surface area contributed by atoms with Crippen LogP contribution in [0.15, 0.2) is 54.6 Å². The van der Waals surface area contributed by atoms with E-state index in [9.17, 15) is 9.59 Å². The summed E-state index contributed by atoms with van der Waals surface area (Å²) in [6, 6.07) is 17.2. The molecule has 0 aromatic heterocycles. The van der Waals surface area contributed by atoms with E-state index in [1.165, 1.54) is 5.56 Å². The molecule has 1 N–H and O–H groups in total. The largest absolute Gasteiger partial charge is 0.456 e. The summed E-state index contributed by atoms with van der Waals surface area (Å²) in [6.07, 6.45) is 1.33. The predicted octanol–water partition coefficient (Wildman–Crippen LogP) is 3.90. The SMILES string of the molecule is CC(C)(C)OC(=O)c1ccc(CC(=O)[C@H]2NCC[C@@H]2c2ccccc2)cc1. The van der Waals surface area contributed by atoms with E-state index < -0.39 is 5.60 Å². The molecule has 0 unspecified atom stereocenters. The standard InChI is InChI=1S/C23H27NO3/c1-23(2,3)27-22(26)18-11-9-16(10-12-18)15-20(25)21-19(13-14-24-21)17-7-5-4-6-8-17/h4-12,19,21,24H,13-15H2,1-3H3/t19-,21+/m1/s1. The van der Waals surface area contributed by atoms with Gasteiger partial charge in [0, 0.05) is 12.3 Å². The zero-order valence-electron chi connectivity index (χ0n) is 16.2. The van der Waals surface area contributed by atoms with Crippen molar-refractivity contribution in [2.45, 2.75) is 51.2 Å². The second kappa shape index (κ2) is 8.05. The van der Waals surface area contributed by atoms with Crippen LogP contribution in [0.5, 0.6) is 0 Å². The van der Waals surface area contributed by atoms with Gasteiger partial charge in [0.25, 0.3) is 0 Å². The molecule has 4 heteroatoms. The molecule has 1 aliphatic rings. The molecule has 1 saturated heterocycles. The highest BCUT2D eigenvalue weighted by atomic mass is 16.6. The molecule has 2 aromatic rings. The number of hydrogen-bond acceptors (Lipinski definition) is 4. The highest BCUT2D eigenvalue weighted by Gasteiger charge is 2.33. The first kappa shape index (κ1) is 19.3. The fraction of sp³-hybridized carbons (Fsp3) is 0.391. The molecule has 142 valence electrons. The van der Waals surface area contributed by atoms with Crippen LogP contribution < -0.4 is 5.32 Å². The Morgan fingerprint density at radius 3 is 2.33 bits per heavy atom. The molecule has 1 heterocycles. The molecular weight excluding hydrogens is 338 g/mol. The summed E-state index contributed by atoms with van der Waals surface area (Å²) in [6.45, 7) is 6.38. The number of benzene rings is 2. The topological polar surface area (TPSA) is 55.4 Å². The van der Waals surface area contributed by atoms with Crippen molar-refractivity contribution in [1.82, 2.24) is 5.32 Å². The Hall–Kier alpha value is -2.46. The second-order valence-corrected chi connectivity index (χ2v) is 8.08. The smallest absolute Gasteiger partial charge is 0.338 e. The molecular formula is C23H27NO3. The number of esters is 1. The van der Waals surface area contributed by atoms with Crippen LogP contribution in [0.4, 0.5) is 0 Å². The molecule has 4 nitrogen and oxygen atoms in total. The Balaban J connectivity index is 1.65. The van der Waals surface area contributed by atoms with E-state index in [0.717, 1.165) is 18.5 Å². The Labute approximate surface area is 160 Å². The fourth-order valence-electron chi connectivity index (χ4n) is 3.51. The zero-order chi connectivity index (χ0) is 19.4. The van der Waals surface area contributed by atoms with Crippen molar-refractivity contribution in [1.29, 1.82) is 0 Å². The third-order valence-corrected chi connectivity index (χ3v) is 4.76. The van der Waals surface area contributed by atoms with E-state index in [0.29, 0.717) is 12.0 Å². The molecule has 0 radical (unpaired) electrons. The summed E-state index contributed by atoms with van der Waals surface area (Å²) in [5.41, 5.74) is 2.10. The number of ketones is 1. The summed E-state index contributed by atoms with van der Waals surface area (Å²) in [4.78, 5) is 25.0. The van der Waals surface area contributed by atoms with Gasteiger partial charge in [0.2, 0.25) is 0 Å². The molecule has 0 bridgehead atoms. The van der Waals surface area contributed by atoms with Gasteiger partial charge in [0.05, 0.1) is 11.6 Å². The minimum Gasteiger partial charge on any atom is -0.456 e. The molecule has 3 rings (SSSR count). The van der Waals surface area contributed by atoms with Crippen LogP contribution in [0.2, 0.25) is 0 Å². The van der Waals surface area contributed by atoms with Crippen LogP contribution in [0.25, 0.3) is 0 Å². The predicted molar refractivity (Wildman–Crippen MR) is 106 cm³/mol. The number of rotatable bonds is 5. The monoisotopic (exact) mass is 365 g/mol. The minimum atomic E-state index is -0.522. The Morgan fingerprint density at radius 1 is 1.04 bits per heavy atom. The van der Waals surface area contributed by atoms with Gasteiger partial charge in [-0.15, -0.1) is 0 Å². The summed E-state index contributed by atoms with van der Waals surface area (Å²) in [5, 5.41) is 3.36. The lowest BCUT2D eigenvalue weighted by Gasteiger charge is -2.20. The van der Waals surface area contributed by atoms with Crippen molar-refractivity contribution in [3.8, 4) is 0 Å². The first-order valence-electron chi connectivity index (χ1n) is 9.47. The highest BCUT2D eigenvalue weighted by molar-refractivity contribution is 5.90. The Bertz CT molecular complexity index is 791. The lowest BCUT2D eigenvalue weighted by Crippen LogP contribution is -2.35. The van der Waals surface area contributed by atoms with E-state index in [1.807, 2.05) is 51.1 Å². The van der Waals surface area contributed by atoms with Crippen LogP contribution in [0, 0.1) is 0 Å². The molecule has 0 amide bonds. The Kier molecular flexibility index (Phi) is 5.76.